The van der Waals surface area contributed by atoms with Crippen molar-refractivity contribution in [2.75, 3.05) is 5.32 Å². The summed E-state index contributed by atoms with van der Waals surface area (Å²) >= 11 is 1.76. The van der Waals surface area contributed by atoms with E-state index in [1.807, 2.05) is 36.0 Å². The van der Waals surface area contributed by atoms with E-state index in [1.165, 1.54) is 10.4 Å². The van der Waals surface area contributed by atoms with Gasteiger partial charge >= 0.3 is 0 Å². The number of hydrogen-bond acceptors (Lipinski definition) is 5. The number of amides is 1. The van der Waals surface area contributed by atoms with E-state index in [0.717, 1.165) is 35.3 Å². The zero-order chi connectivity index (χ0) is 18.4. The Bertz CT molecular complexity index is 1120. The summed E-state index contributed by atoms with van der Waals surface area (Å²) in [6, 6.07) is 11.4. The fourth-order valence-corrected chi connectivity index (χ4v) is 4.46. The summed E-state index contributed by atoms with van der Waals surface area (Å²) in [4.78, 5) is 14.2. The fourth-order valence-electron chi connectivity index (χ4n) is 3.58. The van der Waals surface area contributed by atoms with Gasteiger partial charge < -0.3 is 9.84 Å². The molecule has 134 valence electrons. The van der Waals surface area contributed by atoms with Gasteiger partial charge in [-0.15, -0.1) is 11.3 Å². The van der Waals surface area contributed by atoms with Gasteiger partial charge in [-0.25, -0.2) is 0 Å². The van der Waals surface area contributed by atoms with Crippen LogP contribution in [0.1, 0.15) is 20.9 Å². The lowest BCUT2D eigenvalue weighted by Gasteiger charge is -2.13. The first-order valence-corrected chi connectivity index (χ1v) is 9.54. The normalized spacial score (nSPS) is 12.5. The number of aryl methyl sites for hydroxylation is 2. The molecule has 1 aliphatic rings. The van der Waals surface area contributed by atoms with Crippen LogP contribution < -0.4 is 5.32 Å². The third-order valence-electron chi connectivity index (χ3n) is 4.83. The van der Waals surface area contributed by atoms with Crippen molar-refractivity contribution in [2.45, 2.75) is 12.8 Å². The molecule has 1 aromatic carbocycles. The van der Waals surface area contributed by atoms with Gasteiger partial charge in [-0.05, 0) is 48.6 Å². The van der Waals surface area contributed by atoms with E-state index < -0.39 is 0 Å². The highest BCUT2D eigenvalue weighted by molar-refractivity contribution is 7.10. The zero-order valence-corrected chi connectivity index (χ0v) is 15.4. The van der Waals surface area contributed by atoms with Crippen LogP contribution in [0.3, 0.4) is 0 Å². The molecule has 0 radical (unpaired) electrons. The van der Waals surface area contributed by atoms with Crippen LogP contribution in [0.5, 0.6) is 0 Å². The molecule has 1 amide bonds. The van der Waals surface area contributed by atoms with E-state index in [9.17, 15) is 4.79 Å². The molecular weight excluding hydrogens is 360 g/mol. The maximum absolute atomic E-state index is 12.9. The summed E-state index contributed by atoms with van der Waals surface area (Å²) in [5.41, 5.74) is 5.42. The lowest BCUT2D eigenvalue weighted by Crippen LogP contribution is -2.15. The Labute approximate surface area is 159 Å². The molecule has 7 heteroatoms. The summed E-state index contributed by atoms with van der Waals surface area (Å²) in [6.45, 7) is 0. The lowest BCUT2D eigenvalue weighted by atomic mass is 9.94. The smallest absolute Gasteiger partial charge is 0.276 e. The van der Waals surface area contributed by atoms with Crippen LogP contribution in [0.15, 0.2) is 52.5 Å². The van der Waals surface area contributed by atoms with E-state index in [2.05, 4.69) is 27.0 Å². The van der Waals surface area contributed by atoms with Crippen LogP contribution in [0.4, 0.5) is 5.69 Å². The Morgan fingerprint density at radius 2 is 2.04 bits per heavy atom. The number of carbonyl (C=O) groups excluding carboxylic acids is 1. The molecule has 0 aliphatic heterocycles. The third kappa shape index (κ3) is 2.67. The molecule has 0 unspecified atom stereocenters. The van der Waals surface area contributed by atoms with Gasteiger partial charge in [0.1, 0.15) is 0 Å². The SMILES string of the molecule is Cn1nc(C(=O)Nc2ccc(-c3ccno3)cc2)c2c1-c1ccsc1CC2. The van der Waals surface area contributed by atoms with Crippen LogP contribution in [-0.4, -0.2) is 20.8 Å². The molecule has 0 bridgehead atoms. The minimum Gasteiger partial charge on any atom is -0.356 e. The Kier molecular flexibility index (Phi) is 3.68. The second-order valence-corrected chi connectivity index (χ2v) is 7.47. The second-order valence-electron chi connectivity index (χ2n) is 6.46. The fraction of sp³-hybridized carbons (Fsp3) is 0.150. The van der Waals surface area contributed by atoms with Gasteiger partial charge in [0.05, 0.1) is 11.9 Å². The summed E-state index contributed by atoms with van der Waals surface area (Å²) in [5, 5.41) is 13.3. The van der Waals surface area contributed by atoms with E-state index in [0.29, 0.717) is 11.5 Å². The first kappa shape index (κ1) is 16.0. The van der Waals surface area contributed by atoms with Gasteiger partial charge in [0.2, 0.25) is 0 Å². The molecule has 0 atom stereocenters. The van der Waals surface area contributed by atoms with Crippen molar-refractivity contribution in [1.29, 1.82) is 0 Å². The van der Waals surface area contributed by atoms with Gasteiger partial charge in [-0.2, -0.15) is 5.10 Å². The van der Waals surface area contributed by atoms with Crippen LogP contribution in [0, 0.1) is 0 Å². The number of carbonyl (C=O) groups is 1. The summed E-state index contributed by atoms with van der Waals surface area (Å²) < 4.78 is 6.97. The monoisotopic (exact) mass is 376 g/mol. The molecule has 3 heterocycles. The number of thiophene rings is 1. The van der Waals surface area contributed by atoms with Crippen molar-refractivity contribution >= 4 is 22.9 Å². The number of fused-ring (bicyclic) bond motifs is 3. The minimum absolute atomic E-state index is 0.182. The van der Waals surface area contributed by atoms with Crippen LogP contribution in [-0.2, 0) is 19.9 Å². The molecule has 6 nitrogen and oxygen atoms in total. The van der Waals surface area contributed by atoms with Crippen molar-refractivity contribution in [3.63, 3.8) is 0 Å². The number of nitrogens with zero attached hydrogens (tertiary/aromatic N) is 3. The van der Waals surface area contributed by atoms with E-state index in [1.54, 1.807) is 23.6 Å². The van der Waals surface area contributed by atoms with Crippen LogP contribution in [0.25, 0.3) is 22.6 Å². The number of benzene rings is 1. The molecule has 1 aliphatic carbocycles. The molecular formula is C20H16N4O2S. The number of anilines is 1. The third-order valence-corrected chi connectivity index (χ3v) is 5.81. The maximum Gasteiger partial charge on any atom is 0.276 e. The highest BCUT2D eigenvalue weighted by atomic mass is 32.1. The quantitative estimate of drug-likeness (QED) is 0.583. The van der Waals surface area contributed by atoms with Crippen molar-refractivity contribution in [2.24, 2.45) is 7.05 Å². The Hall–Kier alpha value is -3.19. The summed E-state index contributed by atoms with van der Waals surface area (Å²) in [5.74, 6) is 0.510. The predicted octanol–water partition coefficient (Wildman–Crippen LogP) is 4.15. The molecule has 1 N–H and O–H groups in total. The number of hydrogen-bond donors (Lipinski definition) is 1. The first-order valence-electron chi connectivity index (χ1n) is 8.66. The number of rotatable bonds is 3. The standard InChI is InChI=1S/C20H16N4O2S/c1-24-19-14-9-11-27-17(14)7-6-15(19)18(23-24)20(25)22-13-4-2-12(3-5-13)16-8-10-21-26-16/h2-5,8-11H,6-7H2,1H3,(H,22,25). The van der Waals surface area contributed by atoms with Gasteiger partial charge in [-0.1, -0.05) is 5.16 Å². The van der Waals surface area contributed by atoms with Gasteiger partial charge in [0.25, 0.3) is 5.91 Å². The second kappa shape index (κ2) is 6.21. The zero-order valence-electron chi connectivity index (χ0n) is 14.6. The predicted molar refractivity (Wildman–Crippen MR) is 104 cm³/mol. The lowest BCUT2D eigenvalue weighted by molar-refractivity contribution is 0.102. The topological polar surface area (TPSA) is 73.0 Å². The molecule has 3 aromatic heterocycles. The maximum atomic E-state index is 12.9. The van der Waals surface area contributed by atoms with Crippen molar-refractivity contribution < 1.29 is 9.32 Å². The summed E-state index contributed by atoms with van der Waals surface area (Å²) in [7, 11) is 1.90. The highest BCUT2D eigenvalue weighted by Crippen LogP contribution is 2.38. The highest BCUT2D eigenvalue weighted by Gasteiger charge is 2.27. The summed E-state index contributed by atoms with van der Waals surface area (Å²) in [6.07, 6.45) is 3.40. The Balaban J connectivity index is 1.42. The van der Waals surface area contributed by atoms with Crippen molar-refractivity contribution in [1.82, 2.24) is 14.9 Å². The molecule has 5 rings (SSSR count). The molecule has 0 saturated heterocycles. The molecule has 0 saturated carbocycles. The average molecular weight is 376 g/mol. The largest absolute Gasteiger partial charge is 0.356 e. The van der Waals surface area contributed by atoms with Gasteiger partial charge in [0.15, 0.2) is 11.5 Å². The van der Waals surface area contributed by atoms with E-state index in [-0.39, 0.29) is 5.91 Å². The molecule has 0 spiro atoms. The number of aromatic nitrogens is 3. The van der Waals surface area contributed by atoms with E-state index >= 15 is 0 Å². The first-order chi connectivity index (χ1) is 13.2. The van der Waals surface area contributed by atoms with Crippen molar-refractivity contribution in [3.8, 4) is 22.6 Å². The van der Waals surface area contributed by atoms with Gasteiger partial charge in [-0.3, -0.25) is 9.48 Å². The van der Waals surface area contributed by atoms with Crippen LogP contribution >= 0.6 is 11.3 Å². The van der Waals surface area contributed by atoms with Crippen molar-refractivity contribution in [3.05, 3.63) is 64.1 Å². The molecule has 4 aromatic rings. The average Bonchev–Trinajstić information content (AvgIpc) is 3.41. The number of nitrogens with one attached hydrogen (secondary N) is 1. The Morgan fingerprint density at radius 1 is 1.19 bits per heavy atom. The Morgan fingerprint density at radius 3 is 2.81 bits per heavy atom. The van der Waals surface area contributed by atoms with Gasteiger partial charge in [0, 0.05) is 40.4 Å². The minimum atomic E-state index is -0.182. The van der Waals surface area contributed by atoms with Crippen LogP contribution in [0.2, 0.25) is 0 Å². The van der Waals surface area contributed by atoms with E-state index in [4.69, 9.17) is 4.52 Å². The molecule has 0 fully saturated rings. The molecule has 27 heavy (non-hydrogen) atoms.